The predicted molar refractivity (Wildman–Crippen MR) is 63.6 cm³/mol. The number of amides is 1. The van der Waals surface area contributed by atoms with Crippen molar-refractivity contribution < 1.29 is 4.79 Å². The molecule has 3 N–H and O–H groups in total. The third kappa shape index (κ3) is 3.47. The maximum atomic E-state index is 11.6. The lowest BCUT2D eigenvalue weighted by molar-refractivity contribution is -0.122. The van der Waals surface area contributed by atoms with Crippen LogP contribution in [0.5, 0.6) is 0 Å². The summed E-state index contributed by atoms with van der Waals surface area (Å²) in [6.07, 6.45) is 3.80. The van der Waals surface area contributed by atoms with Crippen LogP contribution in [0.2, 0.25) is 0 Å². The van der Waals surface area contributed by atoms with E-state index in [2.05, 4.69) is 16.9 Å². The van der Waals surface area contributed by atoms with Crippen LogP contribution in [0, 0.1) is 0 Å². The summed E-state index contributed by atoms with van der Waals surface area (Å²) >= 11 is 0. The Morgan fingerprint density at radius 2 is 2.44 bits per heavy atom. The molecule has 86 valence electrons. The molecule has 4 nitrogen and oxygen atoms in total. The van der Waals surface area contributed by atoms with Gasteiger partial charge in [-0.1, -0.05) is 12.1 Å². The fraction of sp³-hybridized carbons (Fsp3) is 0.333. The first-order valence-corrected chi connectivity index (χ1v) is 5.23. The van der Waals surface area contributed by atoms with Crippen LogP contribution in [0.15, 0.2) is 37.1 Å². The molecule has 4 heteroatoms. The van der Waals surface area contributed by atoms with E-state index in [1.54, 1.807) is 12.3 Å². The van der Waals surface area contributed by atoms with E-state index in [1.807, 2.05) is 25.1 Å². The van der Waals surface area contributed by atoms with E-state index in [0.29, 0.717) is 6.42 Å². The van der Waals surface area contributed by atoms with Crippen LogP contribution in [-0.2, 0) is 4.79 Å². The molecule has 16 heavy (non-hydrogen) atoms. The third-order valence-corrected chi connectivity index (χ3v) is 2.25. The lowest BCUT2D eigenvalue weighted by Crippen LogP contribution is -2.41. The molecule has 1 heterocycles. The lowest BCUT2D eigenvalue weighted by Gasteiger charge is -2.16. The van der Waals surface area contributed by atoms with Gasteiger partial charge in [0.15, 0.2) is 0 Å². The van der Waals surface area contributed by atoms with E-state index >= 15 is 0 Å². The van der Waals surface area contributed by atoms with Crippen LogP contribution in [0.1, 0.15) is 25.1 Å². The first-order chi connectivity index (χ1) is 7.65. The van der Waals surface area contributed by atoms with Crippen molar-refractivity contribution in [3.8, 4) is 0 Å². The molecule has 0 fully saturated rings. The second-order valence-corrected chi connectivity index (χ2v) is 3.62. The molecule has 0 radical (unpaired) electrons. The fourth-order valence-electron chi connectivity index (χ4n) is 1.31. The third-order valence-electron chi connectivity index (χ3n) is 2.25. The van der Waals surface area contributed by atoms with Gasteiger partial charge in [0.1, 0.15) is 0 Å². The zero-order valence-electron chi connectivity index (χ0n) is 9.39. The average molecular weight is 219 g/mol. The number of nitrogens with two attached hydrogens (primary N) is 1. The van der Waals surface area contributed by atoms with Crippen molar-refractivity contribution in [2.75, 3.05) is 0 Å². The Morgan fingerprint density at radius 3 is 3.00 bits per heavy atom. The fourth-order valence-corrected chi connectivity index (χ4v) is 1.31. The molecule has 0 aliphatic carbocycles. The highest BCUT2D eigenvalue weighted by molar-refractivity contribution is 5.81. The van der Waals surface area contributed by atoms with Gasteiger partial charge >= 0.3 is 0 Å². The minimum atomic E-state index is -0.538. The molecule has 2 atom stereocenters. The summed E-state index contributed by atoms with van der Waals surface area (Å²) in [5.41, 5.74) is 6.47. The minimum absolute atomic E-state index is 0.135. The minimum Gasteiger partial charge on any atom is -0.347 e. The van der Waals surface area contributed by atoms with E-state index in [9.17, 15) is 4.79 Å². The Kier molecular flexibility index (Phi) is 4.66. The topological polar surface area (TPSA) is 68.0 Å². The molecule has 0 aliphatic heterocycles. The van der Waals surface area contributed by atoms with Crippen molar-refractivity contribution in [2.45, 2.75) is 25.4 Å². The lowest BCUT2D eigenvalue weighted by atomic mass is 10.1. The Hall–Kier alpha value is -1.68. The van der Waals surface area contributed by atoms with Gasteiger partial charge in [-0.2, -0.15) is 0 Å². The number of hydrogen-bond acceptors (Lipinski definition) is 3. The van der Waals surface area contributed by atoms with E-state index in [-0.39, 0.29) is 11.9 Å². The van der Waals surface area contributed by atoms with E-state index in [1.165, 1.54) is 0 Å². The Balaban J connectivity index is 2.55. The first-order valence-electron chi connectivity index (χ1n) is 5.23. The van der Waals surface area contributed by atoms with Gasteiger partial charge in [0.2, 0.25) is 5.91 Å². The van der Waals surface area contributed by atoms with Gasteiger partial charge in [-0.15, -0.1) is 6.58 Å². The number of rotatable bonds is 5. The highest BCUT2D eigenvalue weighted by Crippen LogP contribution is 2.07. The number of nitrogens with zero attached hydrogens (tertiary/aromatic N) is 1. The van der Waals surface area contributed by atoms with Crippen LogP contribution in [0.4, 0.5) is 0 Å². The highest BCUT2D eigenvalue weighted by atomic mass is 16.2. The van der Waals surface area contributed by atoms with E-state index < -0.39 is 6.04 Å². The maximum absolute atomic E-state index is 11.6. The number of carbonyl (C=O) groups is 1. The molecule has 2 unspecified atom stereocenters. The molecule has 0 saturated carbocycles. The van der Waals surface area contributed by atoms with Crippen LogP contribution in [0.25, 0.3) is 0 Å². The van der Waals surface area contributed by atoms with Crippen molar-refractivity contribution in [3.63, 3.8) is 0 Å². The number of hydrogen-bond donors (Lipinski definition) is 2. The largest absolute Gasteiger partial charge is 0.347 e. The summed E-state index contributed by atoms with van der Waals surface area (Å²) in [6, 6.07) is 4.91. The standard InChI is InChI=1S/C12H17N3O/c1-3-6-10(13)12(16)15-9(2)11-7-4-5-8-14-11/h3-5,7-10H,1,6,13H2,2H3,(H,15,16). The van der Waals surface area contributed by atoms with Gasteiger partial charge in [0.25, 0.3) is 0 Å². The number of aromatic nitrogens is 1. The van der Waals surface area contributed by atoms with E-state index in [0.717, 1.165) is 5.69 Å². The molecular formula is C12H17N3O. The smallest absolute Gasteiger partial charge is 0.237 e. The molecule has 0 aliphatic rings. The number of pyridine rings is 1. The van der Waals surface area contributed by atoms with E-state index in [4.69, 9.17) is 5.73 Å². The zero-order chi connectivity index (χ0) is 12.0. The van der Waals surface area contributed by atoms with Gasteiger partial charge < -0.3 is 11.1 Å². The molecule has 0 aromatic carbocycles. The molecule has 0 saturated heterocycles. The molecule has 1 aromatic rings. The van der Waals surface area contributed by atoms with Crippen LogP contribution >= 0.6 is 0 Å². The van der Waals surface area contributed by atoms with Crippen LogP contribution < -0.4 is 11.1 Å². The number of carbonyl (C=O) groups excluding carboxylic acids is 1. The molecular weight excluding hydrogens is 202 g/mol. The molecule has 0 bridgehead atoms. The average Bonchev–Trinajstić information content (AvgIpc) is 2.30. The zero-order valence-corrected chi connectivity index (χ0v) is 9.39. The normalized spacial score (nSPS) is 13.9. The van der Waals surface area contributed by atoms with Crippen LogP contribution in [-0.4, -0.2) is 16.9 Å². The summed E-state index contributed by atoms with van der Waals surface area (Å²) in [5.74, 6) is -0.182. The first kappa shape index (κ1) is 12.4. The predicted octanol–water partition coefficient (Wildman–Crippen LogP) is 1.16. The molecule has 1 aromatic heterocycles. The van der Waals surface area contributed by atoms with Gasteiger partial charge in [-0.05, 0) is 25.5 Å². The summed E-state index contributed by atoms with van der Waals surface area (Å²) in [7, 11) is 0. The van der Waals surface area contributed by atoms with Gasteiger partial charge in [-0.3, -0.25) is 9.78 Å². The van der Waals surface area contributed by atoms with Gasteiger partial charge in [0, 0.05) is 6.20 Å². The Labute approximate surface area is 95.6 Å². The highest BCUT2D eigenvalue weighted by Gasteiger charge is 2.15. The SMILES string of the molecule is C=CCC(N)C(=O)NC(C)c1ccccn1. The maximum Gasteiger partial charge on any atom is 0.237 e. The van der Waals surface area contributed by atoms with Crippen LogP contribution in [0.3, 0.4) is 0 Å². The molecule has 1 amide bonds. The quantitative estimate of drug-likeness (QED) is 0.730. The molecule has 1 rings (SSSR count). The summed E-state index contributed by atoms with van der Waals surface area (Å²) in [4.78, 5) is 15.8. The molecule has 0 spiro atoms. The Morgan fingerprint density at radius 1 is 1.69 bits per heavy atom. The monoisotopic (exact) mass is 219 g/mol. The summed E-state index contributed by atoms with van der Waals surface area (Å²) in [5, 5.41) is 2.81. The second kappa shape index (κ2) is 6.02. The van der Waals surface area contributed by atoms with Gasteiger partial charge in [0.05, 0.1) is 17.8 Å². The van der Waals surface area contributed by atoms with Crippen molar-refractivity contribution in [3.05, 3.63) is 42.7 Å². The Bertz CT molecular complexity index is 351. The summed E-state index contributed by atoms with van der Waals surface area (Å²) < 4.78 is 0. The second-order valence-electron chi connectivity index (χ2n) is 3.62. The number of nitrogens with one attached hydrogen (secondary N) is 1. The van der Waals surface area contributed by atoms with Crippen molar-refractivity contribution in [1.82, 2.24) is 10.3 Å². The van der Waals surface area contributed by atoms with Crippen molar-refractivity contribution in [1.29, 1.82) is 0 Å². The van der Waals surface area contributed by atoms with Gasteiger partial charge in [-0.25, -0.2) is 0 Å². The van der Waals surface area contributed by atoms with Crippen molar-refractivity contribution in [2.24, 2.45) is 5.73 Å². The van der Waals surface area contributed by atoms with Crippen molar-refractivity contribution >= 4 is 5.91 Å². The summed E-state index contributed by atoms with van der Waals surface area (Å²) in [6.45, 7) is 5.42.